The van der Waals surface area contributed by atoms with Crippen LogP contribution in [-0.2, 0) is 6.54 Å². The first-order valence-corrected chi connectivity index (χ1v) is 7.60. The van der Waals surface area contributed by atoms with E-state index in [9.17, 15) is 0 Å². The Labute approximate surface area is 131 Å². The first-order chi connectivity index (χ1) is 8.69. The van der Waals surface area contributed by atoms with Gasteiger partial charge in [-0.15, -0.1) is 12.4 Å². The molecule has 1 aliphatic heterocycles. The molecule has 0 aromatic heterocycles. The van der Waals surface area contributed by atoms with Crippen molar-refractivity contribution in [3.8, 4) is 0 Å². The van der Waals surface area contributed by atoms with Crippen molar-refractivity contribution in [2.75, 3.05) is 26.7 Å². The van der Waals surface area contributed by atoms with Crippen molar-refractivity contribution in [2.45, 2.75) is 26.3 Å². The molecule has 0 bridgehead atoms. The fourth-order valence-corrected chi connectivity index (χ4v) is 2.95. The van der Waals surface area contributed by atoms with E-state index in [1.165, 1.54) is 48.1 Å². The zero-order chi connectivity index (χ0) is 13.0. The topological polar surface area (TPSA) is 15.3 Å². The number of nitrogens with one attached hydrogen (secondary N) is 1. The van der Waals surface area contributed by atoms with Crippen LogP contribution < -0.4 is 5.32 Å². The molecule has 1 N–H and O–H groups in total. The quantitative estimate of drug-likeness (QED) is 0.895. The van der Waals surface area contributed by atoms with E-state index in [1.54, 1.807) is 0 Å². The monoisotopic (exact) mass is 346 g/mol. The van der Waals surface area contributed by atoms with Crippen LogP contribution in [0.15, 0.2) is 22.7 Å². The third-order valence-electron chi connectivity index (χ3n) is 3.83. The highest BCUT2D eigenvalue weighted by Crippen LogP contribution is 2.21. The average Bonchev–Trinajstić information content (AvgIpc) is 2.37. The molecule has 0 spiro atoms. The van der Waals surface area contributed by atoms with Crippen LogP contribution in [0.3, 0.4) is 0 Å². The summed E-state index contributed by atoms with van der Waals surface area (Å²) in [5.74, 6) is 0.873. The van der Waals surface area contributed by atoms with Crippen LogP contribution in [-0.4, -0.2) is 31.6 Å². The second-order valence-corrected chi connectivity index (χ2v) is 6.22. The Kier molecular flexibility index (Phi) is 7.37. The summed E-state index contributed by atoms with van der Waals surface area (Å²) in [5.41, 5.74) is 2.76. The lowest BCUT2D eigenvalue weighted by atomic mass is 9.96. The summed E-state index contributed by atoms with van der Waals surface area (Å²) < 4.78 is 1.21. The van der Waals surface area contributed by atoms with Crippen molar-refractivity contribution >= 4 is 28.3 Å². The van der Waals surface area contributed by atoms with E-state index in [0.717, 1.165) is 12.5 Å². The number of likely N-dealkylation sites (tertiary alicyclic amines) is 1. The fraction of sp³-hybridized carbons (Fsp3) is 0.600. The van der Waals surface area contributed by atoms with Gasteiger partial charge in [0.15, 0.2) is 0 Å². The van der Waals surface area contributed by atoms with Crippen molar-refractivity contribution in [3.05, 3.63) is 33.8 Å². The van der Waals surface area contributed by atoms with Gasteiger partial charge in [-0.3, -0.25) is 4.90 Å². The summed E-state index contributed by atoms with van der Waals surface area (Å²) in [6.07, 6.45) is 2.66. The van der Waals surface area contributed by atoms with E-state index in [4.69, 9.17) is 0 Å². The molecule has 1 aliphatic rings. The lowest BCUT2D eigenvalue weighted by molar-refractivity contribution is 0.177. The van der Waals surface area contributed by atoms with Crippen LogP contribution in [0, 0.1) is 12.8 Å². The highest BCUT2D eigenvalue weighted by Gasteiger charge is 2.18. The maximum atomic E-state index is 3.56. The van der Waals surface area contributed by atoms with Gasteiger partial charge < -0.3 is 5.32 Å². The second kappa shape index (κ2) is 8.25. The van der Waals surface area contributed by atoms with E-state index in [1.807, 2.05) is 0 Å². The smallest absolute Gasteiger partial charge is 0.0233 e. The second-order valence-electron chi connectivity index (χ2n) is 5.36. The summed E-state index contributed by atoms with van der Waals surface area (Å²) in [6.45, 7) is 6.90. The number of benzene rings is 1. The van der Waals surface area contributed by atoms with E-state index in [2.05, 4.69) is 58.3 Å². The molecular formula is C15H24BrClN2. The predicted octanol–water partition coefficient (Wildman–Crippen LogP) is 3.61. The number of hydrogen-bond donors (Lipinski definition) is 1. The van der Waals surface area contributed by atoms with Gasteiger partial charge in [-0.1, -0.05) is 28.1 Å². The van der Waals surface area contributed by atoms with Crippen molar-refractivity contribution in [1.29, 1.82) is 0 Å². The normalized spacial score (nSPS) is 17.2. The van der Waals surface area contributed by atoms with E-state index in [0.29, 0.717) is 0 Å². The molecule has 1 aromatic rings. The number of nitrogens with zero attached hydrogens (tertiary/aromatic N) is 1. The Bertz CT molecular complexity index is 390. The highest BCUT2D eigenvalue weighted by atomic mass is 79.9. The summed E-state index contributed by atoms with van der Waals surface area (Å²) in [6, 6.07) is 6.69. The van der Waals surface area contributed by atoms with Gasteiger partial charge >= 0.3 is 0 Å². The summed E-state index contributed by atoms with van der Waals surface area (Å²) in [4.78, 5) is 2.58. The molecule has 1 aromatic carbocycles. The van der Waals surface area contributed by atoms with Crippen molar-refractivity contribution in [3.63, 3.8) is 0 Å². The van der Waals surface area contributed by atoms with Crippen LogP contribution in [0.4, 0.5) is 0 Å². The van der Waals surface area contributed by atoms with E-state index >= 15 is 0 Å². The molecule has 0 radical (unpaired) electrons. The summed E-state index contributed by atoms with van der Waals surface area (Å²) in [7, 11) is 2.05. The molecular weight excluding hydrogens is 324 g/mol. The maximum absolute atomic E-state index is 3.56. The molecule has 0 amide bonds. The molecule has 19 heavy (non-hydrogen) atoms. The third-order valence-corrected chi connectivity index (χ3v) is 4.72. The molecule has 0 unspecified atom stereocenters. The molecule has 0 saturated carbocycles. The molecule has 4 heteroatoms. The molecule has 1 fully saturated rings. The number of piperidine rings is 1. The number of halogens is 2. The zero-order valence-corrected chi connectivity index (χ0v) is 14.2. The van der Waals surface area contributed by atoms with Gasteiger partial charge in [0, 0.05) is 11.0 Å². The van der Waals surface area contributed by atoms with Gasteiger partial charge in [-0.25, -0.2) is 0 Å². The van der Waals surface area contributed by atoms with Crippen molar-refractivity contribution in [2.24, 2.45) is 5.92 Å². The zero-order valence-electron chi connectivity index (χ0n) is 11.8. The third kappa shape index (κ3) is 5.07. The predicted molar refractivity (Wildman–Crippen MR) is 88.1 cm³/mol. The Morgan fingerprint density at radius 1 is 1.32 bits per heavy atom. The van der Waals surface area contributed by atoms with Gasteiger partial charge in [0.05, 0.1) is 0 Å². The Balaban J connectivity index is 0.00000180. The largest absolute Gasteiger partial charge is 0.319 e. The molecule has 1 saturated heterocycles. The SMILES string of the molecule is CNCC1CCN(Cc2ccc(Br)c(C)c2)CC1.Cl. The standard InChI is InChI=1S/C15H23BrN2.ClH/c1-12-9-14(3-4-15(12)16)11-18-7-5-13(6-8-18)10-17-2;/h3-4,9,13,17H,5-8,10-11H2,1-2H3;1H. The minimum Gasteiger partial charge on any atom is -0.319 e. The van der Waals surface area contributed by atoms with E-state index < -0.39 is 0 Å². The van der Waals surface area contributed by atoms with Crippen molar-refractivity contribution < 1.29 is 0 Å². The van der Waals surface area contributed by atoms with Gasteiger partial charge in [0.25, 0.3) is 0 Å². The summed E-state index contributed by atoms with van der Waals surface area (Å²) >= 11 is 3.56. The lowest BCUT2D eigenvalue weighted by Gasteiger charge is -2.32. The molecule has 2 rings (SSSR count). The van der Waals surface area contributed by atoms with Crippen LogP contribution in [0.5, 0.6) is 0 Å². The minimum atomic E-state index is 0. The minimum absolute atomic E-state index is 0. The van der Waals surface area contributed by atoms with Crippen LogP contribution in [0.25, 0.3) is 0 Å². The number of aryl methyl sites for hydroxylation is 1. The summed E-state index contributed by atoms with van der Waals surface area (Å²) in [5, 5.41) is 3.29. The van der Waals surface area contributed by atoms with Gasteiger partial charge in [0.1, 0.15) is 0 Å². The average molecular weight is 348 g/mol. The number of hydrogen-bond acceptors (Lipinski definition) is 2. The Hall–Kier alpha value is -0.0900. The fourth-order valence-electron chi connectivity index (χ4n) is 2.70. The van der Waals surface area contributed by atoms with E-state index in [-0.39, 0.29) is 12.4 Å². The van der Waals surface area contributed by atoms with Crippen molar-refractivity contribution in [1.82, 2.24) is 10.2 Å². The molecule has 1 heterocycles. The Morgan fingerprint density at radius 2 is 2.00 bits per heavy atom. The van der Waals surface area contributed by atoms with Crippen LogP contribution in [0.1, 0.15) is 24.0 Å². The van der Waals surface area contributed by atoms with Gasteiger partial charge in [0.2, 0.25) is 0 Å². The highest BCUT2D eigenvalue weighted by molar-refractivity contribution is 9.10. The van der Waals surface area contributed by atoms with Crippen LogP contribution >= 0.6 is 28.3 Å². The Morgan fingerprint density at radius 3 is 2.58 bits per heavy atom. The molecule has 108 valence electrons. The first kappa shape index (κ1) is 17.0. The molecule has 0 atom stereocenters. The first-order valence-electron chi connectivity index (χ1n) is 6.81. The molecule has 2 nitrogen and oxygen atoms in total. The lowest BCUT2D eigenvalue weighted by Crippen LogP contribution is -2.36. The maximum Gasteiger partial charge on any atom is 0.0233 e. The number of rotatable bonds is 4. The van der Waals surface area contributed by atoms with Crippen LogP contribution in [0.2, 0.25) is 0 Å². The van der Waals surface area contributed by atoms with Gasteiger partial charge in [-0.2, -0.15) is 0 Å². The molecule has 0 aliphatic carbocycles. The van der Waals surface area contributed by atoms with Gasteiger partial charge in [-0.05, 0) is 69.6 Å².